The maximum Gasteiger partial charge on any atom is 0.121 e. The van der Waals surface area contributed by atoms with Crippen molar-refractivity contribution in [1.82, 2.24) is 0 Å². The van der Waals surface area contributed by atoms with Crippen LogP contribution in [0.5, 0.6) is 5.75 Å². The highest BCUT2D eigenvalue weighted by Gasteiger charge is 2.10. The molecule has 0 unspecified atom stereocenters. The van der Waals surface area contributed by atoms with Gasteiger partial charge in [-0.2, -0.15) is 0 Å². The third-order valence-corrected chi connectivity index (χ3v) is 3.00. The molecule has 1 aromatic rings. The fourth-order valence-corrected chi connectivity index (χ4v) is 1.88. The van der Waals surface area contributed by atoms with Crippen LogP contribution < -0.4 is 5.73 Å². The molecular weight excluding hydrogens is 198 g/mol. The lowest BCUT2D eigenvalue weighted by Crippen LogP contribution is -2.11. The molecule has 0 saturated carbocycles. The van der Waals surface area contributed by atoms with E-state index in [1.807, 2.05) is 26.0 Å². The van der Waals surface area contributed by atoms with Crippen molar-refractivity contribution in [2.75, 3.05) is 0 Å². The second-order valence-electron chi connectivity index (χ2n) is 5.08. The number of aromatic hydroxyl groups is 1. The van der Waals surface area contributed by atoms with E-state index in [4.69, 9.17) is 5.73 Å². The van der Waals surface area contributed by atoms with E-state index in [9.17, 15) is 5.11 Å². The number of phenols is 1. The van der Waals surface area contributed by atoms with Crippen molar-refractivity contribution >= 4 is 0 Å². The molecule has 0 saturated heterocycles. The van der Waals surface area contributed by atoms with Crippen LogP contribution in [-0.4, -0.2) is 5.11 Å². The van der Waals surface area contributed by atoms with Gasteiger partial charge in [0.15, 0.2) is 0 Å². The lowest BCUT2D eigenvalue weighted by atomic mass is 9.95. The van der Waals surface area contributed by atoms with Crippen molar-refractivity contribution in [2.45, 2.75) is 46.6 Å². The number of rotatable bonds is 4. The van der Waals surface area contributed by atoms with Crippen molar-refractivity contribution in [3.8, 4) is 5.75 Å². The molecule has 0 spiro atoms. The molecule has 3 N–H and O–H groups in total. The number of nitrogens with two attached hydrogens (primary N) is 1. The summed E-state index contributed by atoms with van der Waals surface area (Å²) in [5.74, 6) is 1.07. The van der Waals surface area contributed by atoms with Gasteiger partial charge in [-0.05, 0) is 49.3 Å². The Kier molecular flexibility index (Phi) is 4.36. The summed E-state index contributed by atoms with van der Waals surface area (Å²) >= 11 is 0. The molecule has 0 heterocycles. The predicted octanol–water partition coefficient (Wildman–Crippen LogP) is 3.45. The lowest BCUT2D eigenvalue weighted by Gasteiger charge is -2.16. The first kappa shape index (κ1) is 13.0. The fraction of sp³-hybridized carbons (Fsp3) is 0.571. The highest BCUT2D eigenvalue weighted by molar-refractivity contribution is 5.43. The molecule has 1 rings (SSSR count). The molecular formula is C14H23NO. The number of benzene rings is 1. The van der Waals surface area contributed by atoms with Gasteiger partial charge in [-0.15, -0.1) is 0 Å². The van der Waals surface area contributed by atoms with Crippen LogP contribution in [0.15, 0.2) is 12.1 Å². The van der Waals surface area contributed by atoms with Crippen molar-refractivity contribution in [3.63, 3.8) is 0 Å². The third kappa shape index (κ3) is 3.24. The first-order valence-electron chi connectivity index (χ1n) is 5.97. The zero-order valence-electron chi connectivity index (χ0n) is 10.7. The van der Waals surface area contributed by atoms with Gasteiger partial charge in [-0.25, -0.2) is 0 Å². The van der Waals surface area contributed by atoms with Gasteiger partial charge in [0, 0.05) is 6.04 Å². The van der Waals surface area contributed by atoms with Gasteiger partial charge in [0.05, 0.1) is 0 Å². The highest BCUT2D eigenvalue weighted by Crippen LogP contribution is 2.27. The van der Waals surface area contributed by atoms with Crippen molar-refractivity contribution in [1.29, 1.82) is 0 Å². The van der Waals surface area contributed by atoms with Crippen LogP contribution in [0.25, 0.3) is 0 Å². The Bertz CT molecular complexity index is 335. The van der Waals surface area contributed by atoms with Gasteiger partial charge in [-0.1, -0.05) is 26.0 Å². The van der Waals surface area contributed by atoms with Gasteiger partial charge >= 0.3 is 0 Å². The van der Waals surface area contributed by atoms with E-state index in [-0.39, 0.29) is 6.04 Å². The quantitative estimate of drug-likeness (QED) is 0.818. The van der Waals surface area contributed by atoms with Crippen molar-refractivity contribution < 1.29 is 5.11 Å². The van der Waals surface area contributed by atoms with E-state index in [2.05, 4.69) is 13.8 Å². The number of aryl methyl sites for hydroxylation is 2. The van der Waals surface area contributed by atoms with Crippen LogP contribution in [0, 0.1) is 19.8 Å². The summed E-state index contributed by atoms with van der Waals surface area (Å²) < 4.78 is 0. The topological polar surface area (TPSA) is 46.2 Å². The molecule has 0 aliphatic carbocycles. The molecule has 0 aromatic heterocycles. The van der Waals surface area contributed by atoms with E-state index in [0.717, 1.165) is 29.5 Å². The fourth-order valence-electron chi connectivity index (χ4n) is 1.88. The monoisotopic (exact) mass is 221 g/mol. The van der Waals surface area contributed by atoms with Crippen LogP contribution in [0.4, 0.5) is 0 Å². The van der Waals surface area contributed by atoms with Crippen molar-refractivity contribution in [3.05, 3.63) is 28.8 Å². The number of phenolic OH excluding ortho intramolecular Hbond substituents is 1. The maximum atomic E-state index is 9.69. The van der Waals surface area contributed by atoms with Crippen LogP contribution in [0.1, 0.15) is 49.4 Å². The molecule has 1 aromatic carbocycles. The molecule has 16 heavy (non-hydrogen) atoms. The third-order valence-electron chi connectivity index (χ3n) is 3.00. The SMILES string of the molecule is Cc1cc([C@H](N)CCC(C)C)cc(C)c1O. The summed E-state index contributed by atoms with van der Waals surface area (Å²) in [6.45, 7) is 8.25. The Morgan fingerprint density at radius 3 is 2.06 bits per heavy atom. The summed E-state index contributed by atoms with van der Waals surface area (Å²) in [7, 11) is 0. The first-order valence-corrected chi connectivity index (χ1v) is 5.97. The molecule has 0 aliphatic heterocycles. The van der Waals surface area contributed by atoms with E-state index in [1.165, 1.54) is 0 Å². The number of hydrogen-bond donors (Lipinski definition) is 2. The smallest absolute Gasteiger partial charge is 0.121 e. The second kappa shape index (κ2) is 5.35. The van der Waals surface area contributed by atoms with Crippen LogP contribution in [-0.2, 0) is 0 Å². The molecule has 0 amide bonds. The number of hydrogen-bond acceptors (Lipinski definition) is 2. The van der Waals surface area contributed by atoms with Crippen molar-refractivity contribution in [2.24, 2.45) is 11.7 Å². The zero-order valence-corrected chi connectivity index (χ0v) is 10.7. The first-order chi connectivity index (χ1) is 7.41. The van der Waals surface area contributed by atoms with E-state index >= 15 is 0 Å². The summed E-state index contributed by atoms with van der Waals surface area (Å²) in [6.07, 6.45) is 2.14. The van der Waals surface area contributed by atoms with Gasteiger partial charge < -0.3 is 10.8 Å². The van der Waals surface area contributed by atoms with E-state index in [1.54, 1.807) is 0 Å². The minimum Gasteiger partial charge on any atom is -0.507 e. The summed E-state index contributed by atoms with van der Waals surface area (Å²) in [4.78, 5) is 0. The highest BCUT2D eigenvalue weighted by atomic mass is 16.3. The molecule has 0 aliphatic rings. The molecule has 2 nitrogen and oxygen atoms in total. The molecule has 0 radical (unpaired) electrons. The average molecular weight is 221 g/mol. The normalized spacial score (nSPS) is 13.1. The molecule has 90 valence electrons. The van der Waals surface area contributed by atoms with Gasteiger partial charge in [0.1, 0.15) is 5.75 Å². The maximum absolute atomic E-state index is 9.69. The average Bonchev–Trinajstić information content (AvgIpc) is 2.21. The Hall–Kier alpha value is -1.02. The van der Waals surface area contributed by atoms with E-state index < -0.39 is 0 Å². The van der Waals surface area contributed by atoms with Crippen LogP contribution >= 0.6 is 0 Å². The molecule has 2 heteroatoms. The summed E-state index contributed by atoms with van der Waals surface area (Å²) in [5.41, 5.74) is 9.11. The lowest BCUT2D eigenvalue weighted by molar-refractivity contribution is 0.465. The summed E-state index contributed by atoms with van der Waals surface area (Å²) in [5, 5.41) is 9.69. The van der Waals surface area contributed by atoms with Crippen LogP contribution in [0.3, 0.4) is 0 Å². The Morgan fingerprint density at radius 2 is 1.62 bits per heavy atom. The minimum atomic E-state index is 0.0837. The Balaban J connectivity index is 2.80. The van der Waals surface area contributed by atoms with E-state index in [0.29, 0.717) is 11.7 Å². The van der Waals surface area contributed by atoms with Gasteiger partial charge in [0.2, 0.25) is 0 Å². The molecule has 0 bridgehead atoms. The predicted molar refractivity (Wildman–Crippen MR) is 68.6 cm³/mol. The van der Waals surface area contributed by atoms with Gasteiger partial charge in [0.25, 0.3) is 0 Å². The largest absolute Gasteiger partial charge is 0.507 e. The second-order valence-corrected chi connectivity index (χ2v) is 5.08. The Morgan fingerprint density at radius 1 is 1.12 bits per heavy atom. The standard InChI is InChI=1S/C14H23NO/c1-9(2)5-6-13(15)12-7-10(3)14(16)11(4)8-12/h7-9,13,16H,5-6,15H2,1-4H3/t13-/m1/s1. The Labute approximate surface area is 98.5 Å². The van der Waals surface area contributed by atoms with Gasteiger partial charge in [-0.3, -0.25) is 0 Å². The zero-order chi connectivity index (χ0) is 12.3. The molecule has 0 fully saturated rings. The molecule has 1 atom stereocenters. The summed E-state index contributed by atoms with van der Waals surface area (Å²) in [6, 6.07) is 4.07. The van der Waals surface area contributed by atoms with Crippen LogP contribution in [0.2, 0.25) is 0 Å². The minimum absolute atomic E-state index is 0.0837.